The Morgan fingerprint density at radius 2 is 1.69 bits per heavy atom. The molecule has 51 heavy (non-hydrogen) atoms. The molecule has 6 amide bonds. The standard InChI is InChI=1S/C39H38N6O6/c1-25-20-28(12-15-30(25)38(51)45(24-47)26(2)9-16-34(48)42-23-46)37(50)41-21-27-10-13-29(14-11-27)39(17-18-39)43-35(49)22-44-33-8-4-3-6-31(33)32-7-5-19-40-36(32)44/h3-8,10-15,19-20,23-24,26H,9,16-18,21-22H2,1-2H3,(H,41,50)(H,43,49)(H,42,46,48). The number of para-hydroxylation sites is 1. The number of benzene rings is 3. The van der Waals surface area contributed by atoms with E-state index in [2.05, 4.69) is 15.6 Å². The SMILES string of the molecule is Cc1cc(C(=O)NCc2ccc(C3(NC(=O)Cn4c5ccccc5c5cccnc54)CC3)cc2)ccc1C(=O)N(C=O)C(C)CCC(=O)NC=O. The first-order valence-electron chi connectivity index (χ1n) is 16.8. The third-order valence-corrected chi connectivity index (χ3v) is 9.47. The number of nitrogens with one attached hydrogen (secondary N) is 3. The molecule has 1 aliphatic carbocycles. The van der Waals surface area contributed by atoms with Crippen LogP contribution in [0.3, 0.4) is 0 Å². The highest BCUT2D eigenvalue weighted by molar-refractivity contribution is 6.07. The van der Waals surface area contributed by atoms with E-state index in [9.17, 15) is 28.8 Å². The maximum absolute atomic E-state index is 13.4. The first-order valence-corrected chi connectivity index (χ1v) is 16.8. The Hall–Kier alpha value is -6.17. The molecule has 12 nitrogen and oxygen atoms in total. The van der Waals surface area contributed by atoms with Gasteiger partial charge in [-0.05, 0) is 86.2 Å². The van der Waals surface area contributed by atoms with E-state index in [1.54, 1.807) is 26.1 Å². The highest BCUT2D eigenvalue weighted by atomic mass is 16.2. The number of imide groups is 2. The van der Waals surface area contributed by atoms with E-state index in [0.717, 1.165) is 50.8 Å². The van der Waals surface area contributed by atoms with E-state index < -0.39 is 23.4 Å². The molecule has 3 aromatic carbocycles. The van der Waals surface area contributed by atoms with Crippen LogP contribution in [0.2, 0.25) is 0 Å². The van der Waals surface area contributed by atoms with Crippen LogP contribution in [0.25, 0.3) is 21.9 Å². The molecule has 0 saturated heterocycles. The van der Waals surface area contributed by atoms with Crippen molar-refractivity contribution in [3.8, 4) is 0 Å². The van der Waals surface area contributed by atoms with E-state index in [4.69, 9.17) is 0 Å². The maximum atomic E-state index is 13.4. The second-order valence-corrected chi connectivity index (χ2v) is 12.9. The zero-order valence-electron chi connectivity index (χ0n) is 28.3. The number of nitrogens with zero attached hydrogens (tertiary/aromatic N) is 3. The second kappa shape index (κ2) is 14.8. The minimum atomic E-state index is -0.587. The van der Waals surface area contributed by atoms with Crippen LogP contribution in [-0.2, 0) is 37.8 Å². The van der Waals surface area contributed by atoms with E-state index in [0.29, 0.717) is 17.5 Å². The zero-order chi connectivity index (χ0) is 36.1. The second-order valence-electron chi connectivity index (χ2n) is 12.9. The quantitative estimate of drug-likeness (QED) is 0.147. The van der Waals surface area contributed by atoms with Crippen LogP contribution in [0, 0.1) is 6.92 Å². The molecule has 1 aliphatic rings. The molecule has 1 saturated carbocycles. The third kappa shape index (κ3) is 7.40. The van der Waals surface area contributed by atoms with E-state index >= 15 is 0 Å². The summed E-state index contributed by atoms with van der Waals surface area (Å²) in [5.74, 6) is -1.47. The summed E-state index contributed by atoms with van der Waals surface area (Å²) in [6.07, 6.45) is 4.26. The van der Waals surface area contributed by atoms with Gasteiger partial charge in [0.05, 0.1) is 11.1 Å². The van der Waals surface area contributed by atoms with E-state index in [-0.39, 0.29) is 49.7 Å². The lowest BCUT2D eigenvalue weighted by molar-refractivity contribution is -0.126. The van der Waals surface area contributed by atoms with Gasteiger partial charge in [-0.2, -0.15) is 0 Å². The van der Waals surface area contributed by atoms with Crippen molar-refractivity contribution in [1.29, 1.82) is 0 Å². The molecule has 0 spiro atoms. The fraction of sp³-hybridized carbons (Fsp3) is 0.256. The lowest BCUT2D eigenvalue weighted by atomic mass is 10.0. The van der Waals surface area contributed by atoms with Crippen molar-refractivity contribution in [2.75, 3.05) is 0 Å². The van der Waals surface area contributed by atoms with Crippen molar-refractivity contribution >= 4 is 58.4 Å². The topological polar surface area (TPSA) is 160 Å². The maximum Gasteiger partial charge on any atom is 0.260 e. The minimum absolute atomic E-state index is 0.0294. The summed E-state index contributed by atoms with van der Waals surface area (Å²) >= 11 is 0. The van der Waals surface area contributed by atoms with Crippen molar-refractivity contribution in [2.24, 2.45) is 0 Å². The third-order valence-electron chi connectivity index (χ3n) is 9.47. The van der Waals surface area contributed by atoms with Gasteiger partial charge in [0.2, 0.25) is 24.6 Å². The summed E-state index contributed by atoms with van der Waals surface area (Å²) in [5.41, 5.74) is 4.32. The lowest BCUT2D eigenvalue weighted by Gasteiger charge is -2.24. The average molecular weight is 687 g/mol. The molecule has 12 heteroatoms. The fourth-order valence-electron chi connectivity index (χ4n) is 6.47. The number of aryl methyl sites for hydroxylation is 1. The summed E-state index contributed by atoms with van der Waals surface area (Å²) in [7, 11) is 0. The van der Waals surface area contributed by atoms with Crippen molar-refractivity contribution in [1.82, 2.24) is 30.4 Å². The normalized spacial score (nSPS) is 13.6. The number of carbonyl (C=O) groups excluding carboxylic acids is 6. The summed E-state index contributed by atoms with van der Waals surface area (Å²) in [6, 6.07) is 23.8. The van der Waals surface area contributed by atoms with Crippen molar-refractivity contribution < 1.29 is 28.8 Å². The molecular weight excluding hydrogens is 648 g/mol. The molecule has 5 aromatic rings. The summed E-state index contributed by atoms with van der Waals surface area (Å²) < 4.78 is 1.96. The Bertz CT molecular complexity index is 2100. The predicted octanol–water partition coefficient (Wildman–Crippen LogP) is 4.27. The van der Waals surface area contributed by atoms with Gasteiger partial charge in [-0.1, -0.05) is 42.5 Å². The molecule has 0 aliphatic heterocycles. The predicted molar refractivity (Wildman–Crippen MR) is 190 cm³/mol. The van der Waals surface area contributed by atoms with Gasteiger partial charge in [0, 0.05) is 47.1 Å². The largest absolute Gasteiger partial charge is 0.348 e. The molecule has 2 aromatic heterocycles. The summed E-state index contributed by atoms with van der Waals surface area (Å²) in [6.45, 7) is 3.74. The Morgan fingerprint density at radius 1 is 0.941 bits per heavy atom. The molecule has 3 N–H and O–H groups in total. The molecule has 260 valence electrons. The van der Waals surface area contributed by atoms with Crippen molar-refractivity contribution in [2.45, 2.75) is 64.2 Å². The molecule has 0 radical (unpaired) electrons. The number of rotatable bonds is 14. The molecule has 6 rings (SSSR count). The van der Waals surface area contributed by atoms with Crippen LogP contribution in [0.15, 0.2) is 85.1 Å². The first kappa shape index (κ1) is 34.7. The Balaban J connectivity index is 1.04. The monoisotopic (exact) mass is 686 g/mol. The summed E-state index contributed by atoms with van der Waals surface area (Å²) in [4.78, 5) is 78.9. The van der Waals surface area contributed by atoms with Crippen LogP contribution < -0.4 is 16.0 Å². The number of hydrogen-bond acceptors (Lipinski definition) is 7. The van der Waals surface area contributed by atoms with Gasteiger partial charge >= 0.3 is 0 Å². The number of hydrogen-bond donors (Lipinski definition) is 3. The number of carbonyl (C=O) groups is 6. The van der Waals surface area contributed by atoms with Gasteiger partial charge in [-0.25, -0.2) is 4.98 Å². The smallest absolute Gasteiger partial charge is 0.260 e. The van der Waals surface area contributed by atoms with Gasteiger partial charge in [-0.3, -0.25) is 39.0 Å². The summed E-state index contributed by atoms with van der Waals surface area (Å²) in [5, 5.41) is 10.3. The van der Waals surface area contributed by atoms with Gasteiger partial charge in [0.1, 0.15) is 12.2 Å². The van der Waals surface area contributed by atoms with E-state index in [1.165, 1.54) is 12.1 Å². The van der Waals surface area contributed by atoms with Crippen molar-refractivity contribution in [3.63, 3.8) is 0 Å². The fourth-order valence-corrected chi connectivity index (χ4v) is 6.47. The van der Waals surface area contributed by atoms with Crippen LogP contribution >= 0.6 is 0 Å². The van der Waals surface area contributed by atoms with Crippen LogP contribution in [-0.4, -0.2) is 56.9 Å². The van der Waals surface area contributed by atoms with Crippen LogP contribution in [0.4, 0.5) is 0 Å². The van der Waals surface area contributed by atoms with Gasteiger partial charge in [0.25, 0.3) is 11.8 Å². The number of amides is 6. The van der Waals surface area contributed by atoms with Gasteiger partial charge in [0.15, 0.2) is 0 Å². The highest BCUT2D eigenvalue weighted by Crippen LogP contribution is 2.45. The van der Waals surface area contributed by atoms with Crippen LogP contribution in [0.1, 0.15) is 70.0 Å². The lowest BCUT2D eigenvalue weighted by Crippen LogP contribution is -2.38. The van der Waals surface area contributed by atoms with Gasteiger partial charge in [-0.15, -0.1) is 0 Å². The molecule has 0 bridgehead atoms. The highest BCUT2D eigenvalue weighted by Gasteiger charge is 2.45. The average Bonchev–Trinajstić information content (AvgIpc) is 3.85. The molecule has 1 atom stereocenters. The number of pyridine rings is 1. The number of fused-ring (bicyclic) bond motifs is 3. The zero-order valence-corrected chi connectivity index (χ0v) is 28.3. The van der Waals surface area contributed by atoms with Gasteiger partial charge < -0.3 is 15.2 Å². The molecule has 2 heterocycles. The van der Waals surface area contributed by atoms with E-state index in [1.807, 2.05) is 70.5 Å². The number of aromatic nitrogens is 2. The minimum Gasteiger partial charge on any atom is -0.348 e. The molecule has 1 unspecified atom stereocenters. The molecular formula is C39H38N6O6. The Kier molecular flexibility index (Phi) is 10.0. The Labute approximate surface area is 294 Å². The first-order chi connectivity index (χ1) is 24.6. The van der Waals surface area contributed by atoms with Crippen molar-refractivity contribution in [3.05, 3.63) is 113 Å². The molecule has 1 fully saturated rings. The van der Waals surface area contributed by atoms with Crippen LogP contribution in [0.5, 0.6) is 0 Å². The Morgan fingerprint density at radius 3 is 2.39 bits per heavy atom.